The number of imidazole rings is 2. The highest BCUT2D eigenvalue weighted by Gasteiger charge is 2.17. The van der Waals surface area contributed by atoms with Crippen LogP contribution in [0.1, 0.15) is 19.1 Å². The maximum absolute atomic E-state index is 12.9. The maximum atomic E-state index is 12.9. The Balaban J connectivity index is 1.62. The number of nitrogens with zero attached hydrogens (tertiary/aromatic N) is 6. The minimum Gasteiger partial charge on any atom is -0.467 e. The molecule has 0 unspecified atom stereocenters. The van der Waals surface area contributed by atoms with E-state index in [0.717, 1.165) is 17.7 Å². The van der Waals surface area contributed by atoms with Gasteiger partial charge in [-0.15, -0.1) is 0 Å². The van der Waals surface area contributed by atoms with Crippen molar-refractivity contribution in [3.8, 4) is 11.4 Å². The number of aromatic nitrogens is 7. The molecule has 0 aromatic carbocycles. The summed E-state index contributed by atoms with van der Waals surface area (Å²) in [6, 6.07) is 3.74. The lowest BCUT2D eigenvalue weighted by Gasteiger charge is -2.05. The van der Waals surface area contributed by atoms with Gasteiger partial charge in [0.05, 0.1) is 24.6 Å². The van der Waals surface area contributed by atoms with Crippen LogP contribution in [-0.2, 0) is 13.1 Å². The molecule has 0 bridgehead atoms. The first-order valence-corrected chi connectivity index (χ1v) is 8.75. The fourth-order valence-corrected chi connectivity index (χ4v) is 3.27. The predicted octanol–water partition coefficient (Wildman–Crippen LogP) is 2.29. The van der Waals surface area contributed by atoms with Crippen molar-refractivity contribution in [3.05, 3.63) is 59.3 Å². The molecule has 0 saturated carbocycles. The number of nitrogens with one attached hydrogen (secondary N) is 1. The Hall–Kier alpha value is -3.62. The molecule has 0 aliphatic carbocycles. The number of fused-ring (bicyclic) bond motifs is 3. The molecule has 5 aromatic heterocycles. The topological polar surface area (TPSA) is 98.9 Å². The average molecular weight is 363 g/mol. The molecule has 0 atom stereocenters. The Bertz CT molecular complexity index is 1290. The lowest BCUT2D eigenvalue weighted by molar-refractivity contribution is 0.480. The third-order valence-corrected chi connectivity index (χ3v) is 4.49. The Morgan fingerprint density at radius 2 is 2.26 bits per heavy atom. The highest BCUT2D eigenvalue weighted by Crippen LogP contribution is 2.19. The molecular formula is C18H17N7O2. The molecule has 5 aromatic rings. The molecule has 0 aliphatic heterocycles. The van der Waals surface area contributed by atoms with E-state index < -0.39 is 0 Å². The van der Waals surface area contributed by atoms with Gasteiger partial charge in [-0.05, 0) is 18.6 Å². The lowest BCUT2D eigenvalue weighted by atomic mass is 10.3. The van der Waals surface area contributed by atoms with E-state index in [9.17, 15) is 4.79 Å². The largest absolute Gasteiger partial charge is 0.467 e. The molecule has 9 nitrogen and oxygen atoms in total. The summed E-state index contributed by atoms with van der Waals surface area (Å²) >= 11 is 0. The molecule has 0 fully saturated rings. The first-order chi connectivity index (χ1) is 13.2. The van der Waals surface area contributed by atoms with Crippen LogP contribution in [0.2, 0.25) is 0 Å². The molecule has 5 heterocycles. The number of aryl methyl sites for hydroxylation is 1. The number of hydrogen-bond acceptors (Lipinski definition) is 5. The molecule has 5 rings (SSSR count). The Morgan fingerprint density at radius 3 is 3.07 bits per heavy atom. The fourth-order valence-electron chi connectivity index (χ4n) is 3.27. The Morgan fingerprint density at radius 1 is 1.33 bits per heavy atom. The van der Waals surface area contributed by atoms with E-state index in [1.165, 1.54) is 0 Å². The van der Waals surface area contributed by atoms with E-state index in [1.54, 1.807) is 27.9 Å². The van der Waals surface area contributed by atoms with Gasteiger partial charge in [0, 0.05) is 25.1 Å². The zero-order valence-electron chi connectivity index (χ0n) is 14.7. The van der Waals surface area contributed by atoms with Gasteiger partial charge in [-0.2, -0.15) is 5.10 Å². The van der Waals surface area contributed by atoms with Gasteiger partial charge in [0.25, 0.3) is 5.56 Å². The summed E-state index contributed by atoms with van der Waals surface area (Å²) < 4.78 is 10.6. The van der Waals surface area contributed by atoms with Gasteiger partial charge in [-0.1, -0.05) is 6.92 Å². The van der Waals surface area contributed by atoms with E-state index in [-0.39, 0.29) is 5.56 Å². The zero-order chi connectivity index (χ0) is 18.4. The van der Waals surface area contributed by atoms with Crippen LogP contribution in [0.5, 0.6) is 0 Å². The average Bonchev–Trinajstić information content (AvgIpc) is 3.44. The molecule has 136 valence electrons. The number of rotatable bonds is 5. The van der Waals surface area contributed by atoms with E-state index in [1.807, 2.05) is 35.9 Å². The highest BCUT2D eigenvalue weighted by molar-refractivity contribution is 5.77. The summed E-state index contributed by atoms with van der Waals surface area (Å²) in [6.07, 6.45) is 9.56. The second kappa shape index (κ2) is 5.97. The van der Waals surface area contributed by atoms with Gasteiger partial charge < -0.3 is 9.40 Å². The number of furan rings is 1. The number of hydrogen-bond donors (Lipinski definition) is 1. The summed E-state index contributed by atoms with van der Waals surface area (Å²) in [7, 11) is 0. The van der Waals surface area contributed by atoms with Crippen LogP contribution >= 0.6 is 0 Å². The minimum atomic E-state index is -0.118. The number of H-pyrrole nitrogens is 1. The first kappa shape index (κ1) is 15.6. The van der Waals surface area contributed by atoms with Crippen LogP contribution in [0.3, 0.4) is 0 Å². The second-order valence-corrected chi connectivity index (χ2v) is 6.34. The molecule has 9 heteroatoms. The van der Waals surface area contributed by atoms with Crippen molar-refractivity contribution in [3.63, 3.8) is 0 Å². The van der Waals surface area contributed by atoms with Gasteiger partial charge in [0.2, 0.25) is 5.78 Å². The van der Waals surface area contributed by atoms with Crippen LogP contribution in [-0.4, -0.2) is 33.7 Å². The Labute approximate surface area is 152 Å². The standard InChI is InChI=1S/C18H17N7O2/c1-2-6-25-17(26)14-16(24-7-5-19-18(24)25)22-15(21-14)12-9-20-23(10-12)11-13-4-3-8-27-13/h3-5,7-10H,2,6,11H2,1H3,(H,21,22). The molecule has 0 aliphatic rings. The van der Waals surface area contributed by atoms with Gasteiger partial charge in [-0.3, -0.25) is 18.4 Å². The molecule has 0 amide bonds. The van der Waals surface area contributed by atoms with Crippen molar-refractivity contribution in [2.75, 3.05) is 0 Å². The van der Waals surface area contributed by atoms with Crippen LogP contribution in [0.4, 0.5) is 0 Å². The SMILES string of the molecule is CCCn1c(=O)c2[nH]c(-c3cnn(Cc4ccco4)c3)nc2n2ccnc12. The van der Waals surface area contributed by atoms with Crippen molar-refractivity contribution in [1.29, 1.82) is 0 Å². The van der Waals surface area contributed by atoms with Crippen LogP contribution in [0.25, 0.3) is 28.3 Å². The maximum Gasteiger partial charge on any atom is 0.280 e. The smallest absolute Gasteiger partial charge is 0.280 e. The fraction of sp³-hybridized carbons (Fsp3) is 0.222. The van der Waals surface area contributed by atoms with Gasteiger partial charge >= 0.3 is 0 Å². The van der Waals surface area contributed by atoms with Crippen molar-refractivity contribution in [2.24, 2.45) is 0 Å². The van der Waals surface area contributed by atoms with Crippen molar-refractivity contribution in [2.45, 2.75) is 26.4 Å². The lowest BCUT2D eigenvalue weighted by Crippen LogP contribution is -2.23. The summed E-state index contributed by atoms with van der Waals surface area (Å²) in [5.74, 6) is 2.01. The molecule has 1 N–H and O–H groups in total. The normalized spacial score (nSPS) is 11.7. The van der Waals surface area contributed by atoms with E-state index >= 15 is 0 Å². The van der Waals surface area contributed by atoms with Crippen molar-refractivity contribution >= 4 is 16.9 Å². The summed E-state index contributed by atoms with van der Waals surface area (Å²) in [6.45, 7) is 3.16. The second-order valence-electron chi connectivity index (χ2n) is 6.34. The predicted molar refractivity (Wildman–Crippen MR) is 98.4 cm³/mol. The summed E-state index contributed by atoms with van der Waals surface area (Å²) in [5, 5.41) is 4.35. The van der Waals surface area contributed by atoms with Crippen LogP contribution in [0.15, 0.2) is 52.4 Å². The van der Waals surface area contributed by atoms with Crippen molar-refractivity contribution < 1.29 is 4.42 Å². The van der Waals surface area contributed by atoms with E-state index in [4.69, 9.17) is 4.42 Å². The van der Waals surface area contributed by atoms with Gasteiger partial charge in [0.15, 0.2) is 11.2 Å². The Kier molecular flexibility index (Phi) is 3.46. The van der Waals surface area contributed by atoms with Gasteiger partial charge in [0.1, 0.15) is 11.6 Å². The van der Waals surface area contributed by atoms with Gasteiger partial charge in [-0.25, -0.2) is 9.97 Å². The zero-order valence-corrected chi connectivity index (χ0v) is 14.7. The van der Waals surface area contributed by atoms with E-state index in [0.29, 0.717) is 35.9 Å². The summed E-state index contributed by atoms with van der Waals surface area (Å²) in [4.78, 5) is 25.0. The van der Waals surface area contributed by atoms with Crippen molar-refractivity contribution in [1.82, 2.24) is 33.7 Å². The quantitative estimate of drug-likeness (QED) is 0.516. The highest BCUT2D eigenvalue weighted by atomic mass is 16.3. The minimum absolute atomic E-state index is 0.118. The molecule has 27 heavy (non-hydrogen) atoms. The molecule has 0 radical (unpaired) electrons. The van der Waals surface area contributed by atoms with E-state index in [2.05, 4.69) is 20.1 Å². The first-order valence-electron chi connectivity index (χ1n) is 8.75. The summed E-state index contributed by atoms with van der Waals surface area (Å²) in [5.41, 5.74) is 1.70. The third-order valence-electron chi connectivity index (χ3n) is 4.49. The van der Waals surface area contributed by atoms with Crippen LogP contribution in [0, 0.1) is 0 Å². The van der Waals surface area contributed by atoms with Crippen LogP contribution < -0.4 is 5.56 Å². The molecule has 0 spiro atoms. The third kappa shape index (κ3) is 2.47. The number of aromatic amines is 1. The molecular weight excluding hydrogens is 346 g/mol. The monoisotopic (exact) mass is 363 g/mol. The molecule has 0 saturated heterocycles.